The van der Waals surface area contributed by atoms with Crippen molar-refractivity contribution in [1.29, 1.82) is 0 Å². The van der Waals surface area contributed by atoms with Crippen LogP contribution in [0.5, 0.6) is 11.5 Å². The van der Waals surface area contributed by atoms with Gasteiger partial charge in [-0.15, -0.1) is 6.58 Å². The number of thioether (sulfide) groups is 1. The summed E-state index contributed by atoms with van der Waals surface area (Å²) in [7, 11) is 1.45. The van der Waals surface area contributed by atoms with E-state index in [2.05, 4.69) is 21.9 Å². The fraction of sp³-hybridized carbons (Fsp3) is 0.263. The Balaban J connectivity index is 2.00. The SMILES string of the molecule is C=CCSc1nc2c(c(=O)[nH]1)C(c1ccc(OCC(N)=O)c(OC)c1)CC(=O)N2. The summed E-state index contributed by atoms with van der Waals surface area (Å²) in [5.41, 5.74) is 5.84. The lowest BCUT2D eigenvalue weighted by Gasteiger charge is -2.25. The van der Waals surface area contributed by atoms with E-state index in [0.29, 0.717) is 33.5 Å². The smallest absolute Gasteiger partial charge is 0.257 e. The molecule has 10 heteroatoms. The van der Waals surface area contributed by atoms with E-state index in [4.69, 9.17) is 15.2 Å². The third-order valence-electron chi connectivity index (χ3n) is 4.23. The molecule has 4 N–H and O–H groups in total. The number of rotatable bonds is 8. The van der Waals surface area contributed by atoms with Crippen molar-refractivity contribution in [2.24, 2.45) is 5.73 Å². The Morgan fingerprint density at radius 2 is 2.21 bits per heavy atom. The highest BCUT2D eigenvalue weighted by molar-refractivity contribution is 7.99. The van der Waals surface area contributed by atoms with E-state index < -0.39 is 11.8 Å². The summed E-state index contributed by atoms with van der Waals surface area (Å²) in [6.07, 6.45) is 1.78. The predicted molar refractivity (Wildman–Crippen MR) is 109 cm³/mol. The number of carbonyl (C=O) groups is 2. The Labute approximate surface area is 170 Å². The highest BCUT2D eigenvalue weighted by Crippen LogP contribution is 2.38. The molecule has 0 radical (unpaired) electrons. The van der Waals surface area contributed by atoms with Crippen molar-refractivity contribution in [3.05, 3.63) is 52.3 Å². The van der Waals surface area contributed by atoms with Crippen LogP contribution in [0.4, 0.5) is 5.82 Å². The predicted octanol–water partition coefficient (Wildman–Crippen LogP) is 1.39. The summed E-state index contributed by atoms with van der Waals surface area (Å²) in [4.78, 5) is 43.1. The zero-order valence-corrected chi connectivity index (χ0v) is 16.5. The van der Waals surface area contributed by atoms with Gasteiger partial charge in [-0.2, -0.15) is 0 Å². The van der Waals surface area contributed by atoms with Crippen LogP contribution in [-0.4, -0.2) is 41.3 Å². The van der Waals surface area contributed by atoms with Crippen molar-refractivity contribution in [3.8, 4) is 11.5 Å². The Hall–Kier alpha value is -3.27. The van der Waals surface area contributed by atoms with Crippen molar-refractivity contribution < 1.29 is 19.1 Å². The van der Waals surface area contributed by atoms with Crippen LogP contribution in [0, 0.1) is 0 Å². The van der Waals surface area contributed by atoms with Gasteiger partial charge in [0.05, 0.1) is 12.7 Å². The minimum atomic E-state index is -0.614. The normalized spacial score (nSPS) is 15.2. The Kier molecular flexibility index (Phi) is 6.23. The number of hydrogen-bond donors (Lipinski definition) is 3. The fourth-order valence-corrected chi connectivity index (χ4v) is 3.61. The summed E-state index contributed by atoms with van der Waals surface area (Å²) in [6.45, 7) is 3.34. The summed E-state index contributed by atoms with van der Waals surface area (Å²) < 4.78 is 10.7. The van der Waals surface area contributed by atoms with E-state index in [1.165, 1.54) is 18.9 Å². The standard InChI is InChI=1S/C19H20N4O5S/c1-3-6-29-19-22-17-16(18(26)23-19)11(8-15(25)21-17)10-4-5-12(13(7-10)27-2)28-9-14(20)24/h3-5,7,11H,1,6,8-9H2,2H3,(H2,20,24)(H2,21,22,23,25,26). The van der Waals surface area contributed by atoms with Gasteiger partial charge in [-0.25, -0.2) is 4.98 Å². The van der Waals surface area contributed by atoms with Gasteiger partial charge in [0.15, 0.2) is 23.3 Å². The zero-order chi connectivity index (χ0) is 21.0. The second-order valence-electron chi connectivity index (χ2n) is 6.20. The highest BCUT2D eigenvalue weighted by Gasteiger charge is 2.31. The van der Waals surface area contributed by atoms with Gasteiger partial charge in [-0.3, -0.25) is 14.4 Å². The molecule has 1 aliphatic heterocycles. The largest absolute Gasteiger partial charge is 0.493 e. The molecule has 1 unspecified atom stereocenters. The monoisotopic (exact) mass is 416 g/mol. The zero-order valence-electron chi connectivity index (χ0n) is 15.7. The van der Waals surface area contributed by atoms with Gasteiger partial charge in [-0.1, -0.05) is 23.9 Å². The molecule has 3 rings (SSSR count). The van der Waals surface area contributed by atoms with Crippen LogP contribution >= 0.6 is 11.8 Å². The number of benzene rings is 1. The van der Waals surface area contributed by atoms with Crippen molar-refractivity contribution in [3.63, 3.8) is 0 Å². The van der Waals surface area contributed by atoms with Gasteiger partial charge >= 0.3 is 0 Å². The van der Waals surface area contributed by atoms with Crippen molar-refractivity contribution in [1.82, 2.24) is 9.97 Å². The molecule has 0 spiro atoms. The first kappa shape index (κ1) is 20.5. The quantitative estimate of drug-likeness (QED) is 0.336. The highest BCUT2D eigenvalue weighted by atomic mass is 32.2. The average molecular weight is 416 g/mol. The number of primary amides is 1. The molecule has 1 atom stereocenters. The Bertz CT molecular complexity index is 1020. The van der Waals surface area contributed by atoms with E-state index in [0.717, 1.165) is 0 Å². The van der Waals surface area contributed by atoms with Gasteiger partial charge in [0.2, 0.25) is 5.91 Å². The molecule has 1 aromatic heterocycles. The second-order valence-corrected chi connectivity index (χ2v) is 7.21. The van der Waals surface area contributed by atoms with E-state index >= 15 is 0 Å². The molecule has 0 bridgehead atoms. The fourth-order valence-electron chi connectivity index (χ4n) is 3.01. The molecule has 152 valence electrons. The lowest BCUT2D eigenvalue weighted by molar-refractivity contribution is -0.120. The van der Waals surface area contributed by atoms with Gasteiger partial charge in [0, 0.05) is 18.1 Å². The number of aromatic nitrogens is 2. The van der Waals surface area contributed by atoms with E-state index in [1.807, 2.05) is 0 Å². The number of H-pyrrole nitrogens is 1. The number of ether oxygens (including phenoxy) is 2. The number of anilines is 1. The van der Waals surface area contributed by atoms with E-state index in [1.54, 1.807) is 24.3 Å². The van der Waals surface area contributed by atoms with Crippen LogP contribution < -0.4 is 26.1 Å². The molecule has 29 heavy (non-hydrogen) atoms. The van der Waals surface area contributed by atoms with Crippen LogP contribution in [-0.2, 0) is 9.59 Å². The molecule has 2 aromatic rings. The lowest BCUT2D eigenvalue weighted by Crippen LogP contribution is -2.31. The first-order valence-corrected chi connectivity index (χ1v) is 9.68. The summed E-state index contributed by atoms with van der Waals surface area (Å²) in [5.74, 6) is 0.146. The molecule has 0 fully saturated rings. The summed E-state index contributed by atoms with van der Waals surface area (Å²) in [6, 6.07) is 4.99. The number of nitrogens with one attached hydrogen (secondary N) is 2. The number of nitrogens with zero attached hydrogens (tertiary/aromatic N) is 1. The van der Waals surface area contributed by atoms with E-state index in [-0.39, 0.29) is 30.3 Å². The molecule has 2 heterocycles. The Morgan fingerprint density at radius 1 is 1.41 bits per heavy atom. The van der Waals surface area contributed by atoms with Crippen LogP contribution in [0.15, 0.2) is 40.8 Å². The Morgan fingerprint density at radius 3 is 2.90 bits per heavy atom. The maximum absolute atomic E-state index is 12.7. The van der Waals surface area contributed by atoms with Crippen LogP contribution in [0.1, 0.15) is 23.5 Å². The van der Waals surface area contributed by atoms with Crippen LogP contribution in [0.25, 0.3) is 0 Å². The minimum absolute atomic E-state index is 0.0849. The maximum atomic E-state index is 12.7. The number of nitrogens with two attached hydrogens (primary N) is 1. The van der Waals surface area contributed by atoms with Gasteiger partial charge in [-0.05, 0) is 17.7 Å². The summed E-state index contributed by atoms with van der Waals surface area (Å²) >= 11 is 1.31. The number of carbonyl (C=O) groups excluding carboxylic acids is 2. The number of aromatic amines is 1. The maximum Gasteiger partial charge on any atom is 0.257 e. The molecular weight excluding hydrogens is 396 g/mol. The molecule has 1 aromatic carbocycles. The number of methoxy groups -OCH3 is 1. The first-order valence-electron chi connectivity index (χ1n) is 8.69. The number of amides is 2. The topological polar surface area (TPSA) is 136 Å². The lowest BCUT2D eigenvalue weighted by atomic mass is 9.86. The summed E-state index contributed by atoms with van der Waals surface area (Å²) in [5, 5.41) is 3.08. The molecule has 0 saturated carbocycles. The molecule has 0 saturated heterocycles. The van der Waals surface area contributed by atoms with Crippen molar-refractivity contribution in [2.45, 2.75) is 17.5 Å². The van der Waals surface area contributed by atoms with Gasteiger partial charge in [0.1, 0.15) is 5.82 Å². The van der Waals surface area contributed by atoms with Gasteiger partial charge in [0.25, 0.3) is 11.5 Å². The van der Waals surface area contributed by atoms with Gasteiger partial charge < -0.3 is 25.5 Å². The molecule has 1 aliphatic rings. The van der Waals surface area contributed by atoms with Crippen molar-refractivity contribution >= 4 is 29.4 Å². The van der Waals surface area contributed by atoms with E-state index in [9.17, 15) is 14.4 Å². The van der Waals surface area contributed by atoms with Crippen LogP contribution in [0.3, 0.4) is 0 Å². The molecule has 2 amide bonds. The minimum Gasteiger partial charge on any atom is -0.493 e. The average Bonchev–Trinajstić information content (AvgIpc) is 2.69. The number of hydrogen-bond acceptors (Lipinski definition) is 7. The number of fused-ring (bicyclic) bond motifs is 1. The molecular formula is C19H20N4O5S. The van der Waals surface area contributed by atoms with Crippen LogP contribution in [0.2, 0.25) is 0 Å². The second kappa shape index (κ2) is 8.82. The van der Waals surface area contributed by atoms with Crippen molar-refractivity contribution in [2.75, 3.05) is 24.8 Å². The third kappa shape index (κ3) is 4.60. The first-order chi connectivity index (χ1) is 13.9. The molecule has 0 aliphatic carbocycles. The molecule has 9 nitrogen and oxygen atoms in total. The third-order valence-corrected chi connectivity index (χ3v) is 5.10.